The van der Waals surface area contributed by atoms with E-state index in [4.69, 9.17) is 5.73 Å². The summed E-state index contributed by atoms with van der Waals surface area (Å²) >= 11 is 0. The quantitative estimate of drug-likeness (QED) is 0.645. The van der Waals surface area contributed by atoms with Crippen molar-refractivity contribution in [1.82, 2.24) is 4.90 Å². The van der Waals surface area contributed by atoms with Crippen LogP contribution in [0.5, 0.6) is 0 Å². The highest BCUT2D eigenvalue weighted by molar-refractivity contribution is 5.85. The number of alkyl halides is 3. The molecule has 1 amide bonds. The van der Waals surface area contributed by atoms with Crippen LogP contribution in [0.3, 0.4) is 0 Å². The lowest BCUT2D eigenvalue weighted by Crippen LogP contribution is -2.40. The molecule has 0 saturated carbocycles. The zero-order valence-electron chi connectivity index (χ0n) is 6.67. The van der Waals surface area contributed by atoms with Crippen molar-refractivity contribution in [3.63, 3.8) is 0 Å². The first-order chi connectivity index (χ1) is 5.41. The van der Waals surface area contributed by atoms with Gasteiger partial charge in [-0.2, -0.15) is 13.2 Å². The molecule has 0 spiro atoms. The van der Waals surface area contributed by atoms with Gasteiger partial charge in [0.15, 0.2) is 0 Å². The van der Waals surface area contributed by atoms with Crippen LogP contribution in [0.4, 0.5) is 13.2 Å². The summed E-state index contributed by atoms with van der Waals surface area (Å²) in [5.74, 6) is -1.78. The Morgan fingerprint density at radius 2 is 2.00 bits per heavy atom. The summed E-state index contributed by atoms with van der Waals surface area (Å²) in [4.78, 5) is 11.3. The molecule has 1 rings (SSSR count). The lowest BCUT2D eigenvalue weighted by atomic mass is 10.3. The van der Waals surface area contributed by atoms with Crippen LogP contribution in [-0.4, -0.2) is 36.1 Å². The van der Waals surface area contributed by atoms with E-state index in [0.29, 0.717) is 6.42 Å². The molecule has 1 fully saturated rings. The third kappa shape index (κ3) is 3.04. The van der Waals surface area contributed by atoms with E-state index in [-0.39, 0.29) is 31.5 Å². The minimum atomic E-state index is -4.76. The molecule has 1 unspecified atom stereocenters. The van der Waals surface area contributed by atoms with E-state index in [0.717, 1.165) is 4.90 Å². The molecule has 1 saturated heterocycles. The topological polar surface area (TPSA) is 46.3 Å². The van der Waals surface area contributed by atoms with Gasteiger partial charge in [0.05, 0.1) is 0 Å². The monoisotopic (exact) mass is 218 g/mol. The standard InChI is InChI=1S/C6H9F3N2O.ClH/c7-6(8,9)5(12)11-2-1-4(10)3-11;/h4H,1-3,10H2;1H. The predicted molar refractivity (Wildman–Crippen MR) is 42.5 cm³/mol. The van der Waals surface area contributed by atoms with E-state index >= 15 is 0 Å². The Hall–Kier alpha value is -0.490. The fourth-order valence-electron chi connectivity index (χ4n) is 1.15. The molecule has 0 bridgehead atoms. The van der Waals surface area contributed by atoms with Crippen molar-refractivity contribution in [2.75, 3.05) is 13.1 Å². The number of hydrogen-bond donors (Lipinski definition) is 1. The van der Waals surface area contributed by atoms with Crippen molar-refractivity contribution in [2.24, 2.45) is 5.73 Å². The molecular formula is C6H10ClF3N2O. The number of hydrogen-bond acceptors (Lipinski definition) is 2. The highest BCUT2D eigenvalue weighted by atomic mass is 35.5. The average Bonchev–Trinajstić information content (AvgIpc) is 2.32. The van der Waals surface area contributed by atoms with Crippen molar-refractivity contribution in [3.8, 4) is 0 Å². The van der Waals surface area contributed by atoms with Gasteiger partial charge in [-0.25, -0.2) is 0 Å². The van der Waals surface area contributed by atoms with Gasteiger partial charge in [0.2, 0.25) is 0 Å². The Morgan fingerprint density at radius 3 is 2.31 bits per heavy atom. The molecule has 1 aliphatic heterocycles. The van der Waals surface area contributed by atoms with E-state index in [2.05, 4.69) is 0 Å². The van der Waals surface area contributed by atoms with Crippen LogP contribution < -0.4 is 5.73 Å². The first-order valence-corrected chi connectivity index (χ1v) is 3.53. The number of amides is 1. The summed E-state index contributed by atoms with van der Waals surface area (Å²) in [5, 5.41) is 0. The smallest absolute Gasteiger partial charge is 0.333 e. The van der Waals surface area contributed by atoms with Crippen LogP contribution >= 0.6 is 12.4 Å². The zero-order chi connectivity index (χ0) is 9.35. The van der Waals surface area contributed by atoms with Crippen LogP contribution in [0.25, 0.3) is 0 Å². The third-order valence-electron chi connectivity index (χ3n) is 1.75. The number of nitrogens with zero attached hydrogens (tertiary/aromatic N) is 1. The molecular weight excluding hydrogens is 209 g/mol. The number of carbonyl (C=O) groups is 1. The summed E-state index contributed by atoms with van der Waals surface area (Å²) in [5.41, 5.74) is 5.34. The van der Waals surface area contributed by atoms with Gasteiger partial charge in [-0.1, -0.05) is 0 Å². The average molecular weight is 219 g/mol. The Balaban J connectivity index is 0.00000144. The Bertz CT molecular complexity index is 197. The molecule has 13 heavy (non-hydrogen) atoms. The molecule has 2 N–H and O–H groups in total. The molecule has 0 radical (unpaired) electrons. The van der Waals surface area contributed by atoms with Crippen molar-refractivity contribution in [3.05, 3.63) is 0 Å². The maximum absolute atomic E-state index is 11.8. The van der Waals surface area contributed by atoms with E-state index in [9.17, 15) is 18.0 Å². The van der Waals surface area contributed by atoms with Crippen LogP contribution in [-0.2, 0) is 4.79 Å². The van der Waals surface area contributed by atoms with Crippen molar-refractivity contribution in [1.29, 1.82) is 0 Å². The molecule has 3 nitrogen and oxygen atoms in total. The van der Waals surface area contributed by atoms with Gasteiger partial charge in [-0.3, -0.25) is 4.79 Å². The second kappa shape index (κ2) is 4.15. The lowest BCUT2D eigenvalue weighted by Gasteiger charge is -2.16. The van der Waals surface area contributed by atoms with Gasteiger partial charge >= 0.3 is 12.1 Å². The molecule has 78 valence electrons. The Labute approximate surface area is 79.5 Å². The first-order valence-electron chi connectivity index (χ1n) is 3.53. The van der Waals surface area contributed by atoms with Gasteiger partial charge in [0.1, 0.15) is 0 Å². The maximum atomic E-state index is 11.8. The SMILES string of the molecule is Cl.NC1CCN(C(=O)C(F)(F)F)C1. The molecule has 1 aliphatic rings. The van der Waals surface area contributed by atoms with Gasteiger partial charge in [-0.15, -0.1) is 12.4 Å². The van der Waals surface area contributed by atoms with Crippen LogP contribution in [0.1, 0.15) is 6.42 Å². The largest absolute Gasteiger partial charge is 0.471 e. The molecule has 7 heteroatoms. The second-order valence-corrected chi connectivity index (χ2v) is 2.80. The van der Waals surface area contributed by atoms with Crippen molar-refractivity contribution in [2.45, 2.75) is 18.6 Å². The fourth-order valence-corrected chi connectivity index (χ4v) is 1.15. The molecule has 1 atom stereocenters. The Kier molecular flexibility index (Phi) is 3.99. The van der Waals surface area contributed by atoms with Gasteiger partial charge in [0, 0.05) is 19.1 Å². The normalized spacial score (nSPS) is 22.8. The van der Waals surface area contributed by atoms with Gasteiger partial charge in [0.25, 0.3) is 0 Å². The zero-order valence-corrected chi connectivity index (χ0v) is 7.49. The number of carbonyl (C=O) groups excluding carboxylic acids is 1. The summed E-state index contributed by atoms with van der Waals surface area (Å²) in [6.07, 6.45) is -4.31. The number of halogens is 4. The summed E-state index contributed by atoms with van der Waals surface area (Å²) in [6.45, 7) is 0.123. The van der Waals surface area contributed by atoms with Crippen LogP contribution in [0.15, 0.2) is 0 Å². The minimum Gasteiger partial charge on any atom is -0.333 e. The Morgan fingerprint density at radius 1 is 1.46 bits per heavy atom. The van der Waals surface area contributed by atoms with Crippen molar-refractivity contribution >= 4 is 18.3 Å². The van der Waals surface area contributed by atoms with E-state index in [1.54, 1.807) is 0 Å². The molecule has 1 heterocycles. The molecule has 0 aromatic carbocycles. The molecule has 0 aromatic heterocycles. The molecule has 0 aromatic rings. The van der Waals surface area contributed by atoms with Gasteiger partial charge < -0.3 is 10.6 Å². The van der Waals surface area contributed by atoms with E-state index in [1.807, 2.05) is 0 Å². The summed E-state index contributed by atoms with van der Waals surface area (Å²) in [6, 6.07) is -0.309. The first kappa shape index (κ1) is 12.5. The fraction of sp³-hybridized carbons (Fsp3) is 0.833. The van der Waals surface area contributed by atoms with E-state index < -0.39 is 12.1 Å². The highest BCUT2D eigenvalue weighted by Gasteiger charge is 2.43. The maximum Gasteiger partial charge on any atom is 0.471 e. The highest BCUT2D eigenvalue weighted by Crippen LogP contribution is 2.20. The number of rotatable bonds is 0. The minimum absolute atomic E-state index is 0. The predicted octanol–water partition coefficient (Wildman–Crippen LogP) is 0.530. The van der Waals surface area contributed by atoms with Crippen LogP contribution in [0.2, 0.25) is 0 Å². The lowest BCUT2D eigenvalue weighted by molar-refractivity contribution is -0.184. The third-order valence-corrected chi connectivity index (χ3v) is 1.75. The van der Waals surface area contributed by atoms with Crippen LogP contribution in [0, 0.1) is 0 Å². The number of nitrogens with two attached hydrogens (primary N) is 1. The summed E-state index contributed by atoms with van der Waals surface area (Å²) in [7, 11) is 0. The second-order valence-electron chi connectivity index (χ2n) is 2.80. The van der Waals surface area contributed by atoms with Crippen molar-refractivity contribution < 1.29 is 18.0 Å². The molecule has 0 aliphatic carbocycles. The summed E-state index contributed by atoms with van der Waals surface area (Å²) < 4.78 is 35.4. The number of likely N-dealkylation sites (tertiary alicyclic amines) is 1. The van der Waals surface area contributed by atoms with Gasteiger partial charge in [-0.05, 0) is 6.42 Å². The van der Waals surface area contributed by atoms with E-state index in [1.165, 1.54) is 0 Å².